The summed E-state index contributed by atoms with van der Waals surface area (Å²) in [4.78, 5) is 0. The smallest absolute Gasteiger partial charge is 0.132 e. The molecule has 11 heavy (non-hydrogen) atoms. The predicted molar refractivity (Wildman–Crippen MR) is 51.1 cm³/mol. The lowest BCUT2D eigenvalue weighted by Gasteiger charge is -2.22. The molecule has 62 valence electrons. The highest BCUT2D eigenvalue weighted by Crippen LogP contribution is 2.55. The van der Waals surface area contributed by atoms with E-state index in [2.05, 4.69) is 5.92 Å². The van der Waals surface area contributed by atoms with E-state index in [-0.39, 0.29) is 5.92 Å². The first-order chi connectivity index (χ1) is 5.08. The summed E-state index contributed by atoms with van der Waals surface area (Å²) < 4.78 is 7.51. The maximum Gasteiger partial charge on any atom is 0.132 e. The van der Waals surface area contributed by atoms with Crippen LogP contribution < -0.4 is 0 Å². The summed E-state index contributed by atoms with van der Waals surface area (Å²) in [5.41, 5.74) is 0. The topological polar surface area (TPSA) is 12.5 Å². The van der Waals surface area contributed by atoms with Crippen molar-refractivity contribution in [3.05, 3.63) is 0 Å². The number of nitrogens with zero attached hydrogens (tertiary/aromatic N) is 1. The Balaban J connectivity index is 2.67. The molecule has 1 rings (SSSR count). The van der Waals surface area contributed by atoms with Gasteiger partial charge in [0.25, 0.3) is 0 Å². The van der Waals surface area contributed by atoms with E-state index >= 15 is 0 Å². The van der Waals surface area contributed by atoms with Crippen LogP contribution in [0.4, 0.5) is 0 Å². The van der Waals surface area contributed by atoms with Crippen LogP contribution in [-0.4, -0.2) is 31.5 Å². The van der Waals surface area contributed by atoms with Crippen molar-refractivity contribution in [2.24, 2.45) is 5.92 Å². The number of hydrogen-bond acceptors (Lipinski definition) is 2. The lowest BCUT2D eigenvalue weighted by atomic mass is 10.2. The highest BCUT2D eigenvalue weighted by atomic mass is 32.4. The fourth-order valence-corrected chi connectivity index (χ4v) is 3.54. The molecule has 1 heterocycles. The molecule has 0 aliphatic carbocycles. The van der Waals surface area contributed by atoms with E-state index in [0.717, 1.165) is 6.16 Å². The molecule has 0 bridgehead atoms. The van der Waals surface area contributed by atoms with E-state index in [1.807, 2.05) is 18.8 Å². The predicted octanol–water partition coefficient (Wildman–Crippen LogP) is 1.14. The number of rotatable bonds is 1. The Morgan fingerprint density at radius 2 is 2.36 bits per heavy atom. The first kappa shape index (κ1) is 9.22. The average Bonchev–Trinajstić information content (AvgIpc) is 2.33. The molecule has 1 fully saturated rings. The average molecular weight is 189 g/mol. The Morgan fingerprint density at radius 1 is 1.73 bits per heavy atom. The van der Waals surface area contributed by atoms with Gasteiger partial charge in [0.1, 0.15) is 6.42 Å². The van der Waals surface area contributed by atoms with E-state index in [4.69, 9.17) is 22.8 Å². The maximum absolute atomic E-state index is 5.51. The van der Waals surface area contributed by atoms with Crippen LogP contribution >= 0.6 is 6.42 Å². The molecule has 0 saturated carbocycles. The molecule has 0 aromatic heterocycles. The maximum atomic E-state index is 5.51. The molecule has 1 aliphatic rings. The Bertz CT molecular complexity index is 233. The van der Waals surface area contributed by atoms with Gasteiger partial charge in [0, 0.05) is 6.16 Å². The standard InChI is InChI=1S/C7H12NOPS/c1-4-7-5-9-10(11,6-7)8(2)3/h1,7H,5-6H2,2-3H3. The van der Waals surface area contributed by atoms with Crippen molar-refractivity contribution in [2.75, 3.05) is 26.9 Å². The van der Waals surface area contributed by atoms with Gasteiger partial charge in [0.15, 0.2) is 0 Å². The van der Waals surface area contributed by atoms with Crippen molar-refractivity contribution in [1.82, 2.24) is 4.67 Å². The third-order valence-corrected chi connectivity index (χ3v) is 6.19. The fraction of sp³-hybridized carbons (Fsp3) is 0.714. The molecular formula is C7H12NOPS. The zero-order valence-corrected chi connectivity index (χ0v) is 8.49. The summed E-state index contributed by atoms with van der Waals surface area (Å²) >= 11 is 5.35. The molecule has 1 aliphatic heterocycles. The van der Waals surface area contributed by atoms with Gasteiger partial charge < -0.3 is 4.52 Å². The van der Waals surface area contributed by atoms with Crippen LogP contribution in [0, 0.1) is 18.3 Å². The van der Waals surface area contributed by atoms with E-state index < -0.39 is 6.42 Å². The summed E-state index contributed by atoms with van der Waals surface area (Å²) in [7, 11) is 3.92. The van der Waals surface area contributed by atoms with Gasteiger partial charge in [-0.25, -0.2) is 0 Å². The minimum Gasteiger partial charge on any atom is -0.336 e. The summed E-state index contributed by atoms with van der Waals surface area (Å²) in [5, 5.41) is 0. The van der Waals surface area contributed by atoms with Gasteiger partial charge in [-0.3, -0.25) is 4.67 Å². The van der Waals surface area contributed by atoms with Crippen molar-refractivity contribution in [1.29, 1.82) is 0 Å². The van der Waals surface area contributed by atoms with Crippen molar-refractivity contribution < 1.29 is 4.52 Å². The Labute approximate surface area is 73.1 Å². The molecule has 0 aromatic carbocycles. The van der Waals surface area contributed by atoms with Crippen LogP contribution in [-0.2, 0) is 16.3 Å². The lowest BCUT2D eigenvalue weighted by molar-refractivity contribution is 0.341. The Hall–Kier alpha value is 0.130. The quantitative estimate of drug-likeness (QED) is 0.453. The van der Waals surface area contributed by atoms with E-state index in [1.165, 1.54) is 0 Å². The summed E-state index contributed by atoms with van der Waals surface area (Å²) in [5.74, 6) is 2.92. The molecule has 1 saturated heterocycles. The molecule has 0 N–H and O–H groups in total. The first-order valence-corrected chi connectivity index (χ1v) is 6.32. The third kappa shape index (κ3) is 1.83. The van der Waals surface area contributed by atoms with Crippen molar-refractivity contribution >= 4 is 18.2 Å². The van der Waals surface area contributed by atoms with Crippen LogP contribution in [0.1, 0.15) is 0 Å². The number of hydrogen-bond donors (Lipinski definition) is 0. The monoisotopic (exact) mass is 189 g/mol. The highest BCUT2D eigenvalue weighted by molar-refractivity contribution is 8.11. The largest absolute Gasteiger partial charge is 0.336 e. The van der Waals surface area contributed by atoms with Gasteiger partial charge in [-0.1, -0.05) is 11.8 Å². The van der Waals surface area contributed by atoms with Crippen LogP contribution in [0.3, 0.4) is 0 Å². The number of terminal acetylenes is 1. The molecule has 2 atom stereocenters. The molecule has 2 unspecified atom stereocenters. The van der Waals surface area contributed by atoms with Gasteiger partial charge in [-0.2, -0.15) is 0 Å². The minimum atomic E-state index is -1.69. The highest BCUT2D eigenvalue weighted by Gasteiger charge is 2.32. The van der Waals surface area contributed by atoms with Crippen molar-refractivity contribution in [3.63, 3.8) is 0 Å². The van der Waals surface area contributed by atoms with Gasteiger partial charge in [0.05, 0.1) is 12.5 Å². The Kier molecular flexibility index (Phi) is 2.72. The molecule has 0 amide bonds. The van der Waals surface area contributed by atoms with Gasteiger partial charge in [-0.15, -0.1) is 12.3 Å². The van der Waals surface area contributed by atoms with Crippen LogP contribution in [0.2, 0.25) is 0 Å². The molecular weight excluding hydrogens is 177 g/mol. The second kappa shape index (κ2) is 3.25. The summed E-state index contributed by atoms with van der Waals surface area (Å²) in [6, 6.07) is 0. The first-order valence-electron chi connectivity index (χ1n) is 3.46. The van der Waals surface area contributed by atoms with Crippen molar-refractivity contribution in [3.8, 4) is 12.3 Å². The van der Waals surface area contributed by atoms with Gasteiger partial charge in [-0.05, 0) is 14.1 Å². The molecule has 2 nitrogen and oxygen atoms in total. The SMILES string of the molecule is C#CC1COP(=S)(N(C)C)C1. The van der Waals surface area contributed by atoms with Crippen LogP contribution in [0.5, 0.6) is 0 Å². The van der Waals surface area contributed by atoms with E-state index in [9.17, 15) is 0 Å². The van der Waals surface area contributed by atoms with E-state index in [1.54, 1.807) is 0 Å². The normalized spacial score (nSPS) is 37.5. The third-order valence-electron chi connectivity index (χ3n) is 1.77. The van der Waals surface area contributed by atoms with Crippen molar-refractivity contribution in [2.45, 2.75) is 0 Å². The summed E-state index contributed by atoms with van der Waals surface area (Å²) in [6.45, 7) is 0.645. The Morgan fingerprint density at radius 3 is 2.64 bits per heavy atom. The lowest BCUT2D eigenvalue weighted by Crippen LogP contribution is -2.09. The van der Waals surface area contributed by atoms with Crippen LogP contribution in [0.25, 0.3) is 0 Å². The molecule has 0 radical (unpaired) electrons. The molecule has 0 aromatic rings. The van der Waals surface area contributed by atoms with Gasteiger partial charge in [0.2, 0.25) is 0 Å². The minimum absolute atomic E-state index is 0.239. The zero-order valence-electron chi connectivity index (χ0n) is 6.78. The van der Waals surface area contributed by atoms with Gasteiger partial charge >= 0.3 is 0 Å². The van der Waals surface area contributed by atoms with E-state index in [0.29, 0.717) is 6.61 Å². The molecule has 0 spiro atoms. The van der Waals surface area contributed by atoms with Crippen LogP contribution in [0.15, 0.2) is 0 Å². The zero-order chi connectivity index (χ0) is 8.48. The summed E-state index contributed by atoms with van der Waals surface area (Å²) in [6.07, 6.45) is 4.45. The second-order valence-corrected chi connectivity index (χ2v) is 7.24. The fourth-order valence-electron chi connectivity index (χ4n) is 0.970. The second-order valence-electron chi connectivity index (χ2n) is 2.83. The molecule has 4 heteroatoms.